The van der Waals surface area contributed by atoms with Gasteiger partial charge in [-0.3, -0.25) is 9.69 Å². The van der Waals surface area contributed by atoms with E-state index < -0.39 is 12.2 Å². The van der Waals surface area contributed by atoms with Crippen LogP contribution < -0.4 is 5.56 Å². The zero-order valence-corrected chi connectivity index (χ0v) is 9.63. The highest BCUT2D eigenvalue weighted by Gasteiger charge is 2.29. The maximum Gasteiger partial charge on any atom is 0.275 e. The van der Waals surface area contributed by atoms with Crippen LogP contribution in [0.1, 0.15) is 5.56 Å². The first kappa shape index (κ1) is 11.4. The van der Waals surface area contributed by atoms with Crippen molar-refractivity contribution in [1.82, 2.24) is 19.9 Å². The van der Waals surface area contributed by atoms with Gasteiger partial charge in [-0.15, -0.1) is 0 Å². The van der Waals surface area contributed by atoms with Crippen molar-refractivity contribution in [3.8, 4) is 0 Å². The van der Waals surface area contributed by atoms with Crippen molar-refractivity contribution < 1.29 is 10.2 Å². The van der Waals surface area contributed by atoms with Gasteiger partial charge in [-0.05, 0) is 0 Å². The third kappa shape index (κ3) is 1.82. The quantitative estimate of drug-likeness (QED) is 0.535. The van der Waals surface area contributed by atoms with Crippen molar-refractivity contribution in [2.75, 3.05) is 13.1 Å². The average molecular weight is 250 g/mol. The third-order valence-corrected chi connectivity index (χ3v) is 3.28. The molecule has 0 spiro atoms. The van der Waals surface area contributed by atoms with E-state index in [9.17, 15) is 15.0 Å². The molecule has 0 radical (unpaired) electrons. The molecular formula is C11H14N4O3. The molecule has 1 aliphatic rings. The van der Waals surface area contributed by atoms with E-state index in [1.54, 1.807) is 6.20 Å². The number of aliphatic hydroxyl groups excluding tert-OH is 2. The highest BCUT2D eigenvalue weighted by molar-refractivity contribution is 5.77. The minimum absolute atomic E-state index is 0.201. The second kappa shape index (κ2) is 4.20. The molecule has 0 unspecified atom stereocenters. The molecule has 3 rings (SSSR count). The Morgan fingerprint density at radius 3 is 2.78 bits per heavy atom. The number of nitrogens with zero attached hydrogens (tertiary/aromatic N) is 2. The van der Waals surface area contributed by atoms with E-state index in [2.05, 4.69) is 15.0 Å². The molecular weight excluding hydrogens is 236 g/mol. The van der Waals surface area contributed by atoms with Gasteiger partial charge in [0.25, 0.3) is 5.56 Å². The Hall–Kier alpha value is -1.70. The van der Waals surface area contributed by atoms with Gasteiger partial charge < -0.3 is 20.2 Å². The summed E-state index contributed by atoms with van der Waals surface area (Å²) in [5.74, 6) is 0. The Morgan fingerprint density at radius 1 is 1.33 bits per heavy atom. The molecule has 7 nitrogen and oxygen atoms in total. The van der Waals surface area contributed by atoms with Gasteiger partial charge >= 0.3 is 0 Å². The summed E-state index contributed by atoms with van der Waals surface area (Å²) in [4.78, 5) is 23.0. The Kier molecular flexibility index (Phi) is 2.66. The van der Waals surface area contributed by atoms with Crippen LogP contribution in [0.15, 0.2) is 17.3 Å². The number of rotatable bonds is 2. The number of nitrogens with one attached hydrogen (secondary N) is 2. The number of β-amino-alcohol motifs (C(OH)–C–C–N with tert-alkyl or cyclic N) is 2. The van der Waals surface area contributed by atoms with Crippen LogP contribution in [0.5, 0.6) is 0 Å². The van der Waals surface area contributed by atoms with Gasteiger partial charge in [0.2, 0.25) is 0 Å². The molecule has 1 fully saturated rings. The number of H-pyrrole nitrogens is 2. The number of fused-ring (bicyclic) bond motifs is 1. The van der Waals surface area contributed by atoms with Crippen LogP contribution in [0.3, 0.4) is 0 Å². The number of likely N-dealkylation sites (tertiary alicyclic amines) is 1. The van der Waals surface area contributed by atoms with E-state index in [4.69, 9.17) is 0 Å². The van der Waals surface area contributed by atoms with Crippen LogP contribution in [0, 0.1) is 0 Å². The summed E-state index contributed by atoms with van der Waals surface area (Å²) in [6.07, 6.45) is 1.71. The molecule has 0 bridgehead atoms. The zero-order chi connectivity index (χ0) is 12.7. The fraction of sp³-hybridized carbons (Fsp3) is 0.455. The maximum absolute atomic E-state index is 11.5. The Morgan fingerprint density at radius 2 is 2.06 bits per heavy atom. The molecule has 2 aromatic rings. The van der Waals surface area contributed by atoms with Gasteiger partial charge in [0.05, 0.1) is 24.1 Å². The first-order valence-electron chi connectivity index (χ1n) is 5.77. The van der Waals surface area contributed by atoms with Crippen molar-refractivity contribution in [3.05, 3.63) is 28.4 Å². The highest BCUT2D eigenvalue weighted by Crippen LogP contribution is 2.18. The monoisotopic (exact) mass is 250 g/mol. The smallest absolute Gasteiger partial charge is 0.275 e. The number of aromatic amines is 2. The summed E-state index contributed by atoms with van der Waals surface area (Å²) in [7, 11) is 0. The number of aromatic nitrogens is 3. The molecule has 0 amide bonds. The lowest BCUT2D eigenvalue weighted by atomic mass is 10.2. The summed E-state index contributed by atoms with van der Waals surface area (Å²) < 4.78 is 0. The van der Waals surface area contributed by atoms with E-state index in [-0.39, 0.29) is 5.56 Å². The van der Waals surface area contributed by atoms with E-state index in [0.717, 1.165) is 5.56 Å². The number of aliphatic hydroxyl groups is 2. The summed E-state index contributed by atoms with van der Waals surface area (Å²) in [5, 5.41) is 19.0. The van der Waals surface area contributed by atoms with Crippen molar-refractivity contribution in [2.24, 2.45) is 0 Å². The van der Waals surface area contributed by atoms with Crippen LogP contribution in [0.25, 0.3) is 11.0 Å². The third-order valence-electron chi connectivity index (χ3n) is 3.28. The molecule has 1 saturated heterocycles. The number of hydrogen-bond acceptors (Lipinski definition) is 5. The molecule has 7 heteroatoms. The largest absolute Gasteiger partial charge is 0.389 e. The molecule has 2 atom stereocenters. The van der Waals surface area contributed by atoms with Crippen LogP contribution >= 0.6 is 0 Å². The number of hydrogen-bond donors (Lipinski definition) is 4. The second-order valence-electron chi connectivity index (χ2n) is 4.60. The lowest BCUT2D eigenvalue weighted by Gasteiger charge is -2.13. The summed E-state index contributed by atoms with van der Waals surface area (Å²) >= 11 is 0. The average Bonchev–Trinajstić information content (AvgIpc) is 2.86. The predicted molar refractivity (Wildman–Crippen MR) is 64.0 cm³/mol. The van der Waals surface area contributed by atoms with Gasteiger partial charge in [-0.25, -0.2) is 4.98 Å². The second-order valence-corrected chi connectivity index (χ2v) is 4.60. The SMILES string of the molecule is O=c1[nH]cnc2c(CN3C[C@H](O)[C@@H](O)C3)c[nH]c12. The zero-order valence-electron chi connectivity index (χ0n) is 9.63. The van der Waals surface area contributed by atoms with Crippen LogP contribution in [0.2, 0.25) is 0 Å². The van der Waals surface area contributed by atoms with Gasteiger partial charge in [-0.1, -0.05) is 0 Å². The van der Waals surface area contributed by atoms with Gasteiger partial charge in [0.15, 0.2) is 0 Å². The minimum Gasteiger partial charge on any atom is -0.389 e. The van der Waals surface area contributed by atoms with E-state index >= 15 is 0 Å². The highest BCUT2D eigenvalue weighted by atomic mass is 16.3. The molecule has 4 N–H and O–H groups in total. The van der Waals surface area contributed by atoms with Crippen molar-refractivity contribution in [3.63, 3.8) is 0 Å². The van der Waals surface area contributed by atoms with Crippen LogP contribution in [-0.4, -0.2) is 55.4 Å². The van der Waals surface area contributed by atoms with E-state index in [1.165, 1.54) is 6.33 Å². The molecule has 1 aliphatic heterocycles. The fourth-order valence-electron chi connectivity index (χ4n) is 2.34. The first-order valence-corrected chi connectivity index (χ1v) is 5.77. The lowest BCUT2D eigenvalue weighted by Crippen LogP contribution is -2.22. The molecule has 18 heavy (non-hydrogen) atoms. The molecule has 3 heterocycles. The Labute approximate surface area is 102 Å². The molecule has 0 aliphatic carbocycles. The van der Waals surface area contributed by atoms with Gasteiger partial charge in [-0.2, -0.15) is 0 Å². The standard InChI is InChI=1S/C11H14N4O3/c16-7-3-15(4-8(7)17)2-6-1-12-10-9(6)13-5-14-11(10)18/h1,5,7-8,12,16-17H,2-4H2,(H,13,14,18)/t7-,8-/m0/s1. The van der Waals surface area contributed by atoms with Crippen LogP contribution in [-0.2, 0) is 6.54 Å². The lowest BCUT2D eigenvalue weighted by molar-refractivity contribution is 0.0572. The van der Waals surface area contributed by atoms with E-state index in [0.29, 0.717) is 30.7 Å². The normalized spacial score (nSPS) is 25.0. The van der Waals surface area contributed by atoms with Crippen molar-refractivity contribution in [1.29, 1.82) is 0 Å². The Balaban J connectivity index is 1.88. The van der Waals surface area contributed by atoms with Gasteiger partial charge in [0, 0.05) is 31.4 Å². The fourth-order valence-corrected chi connectivity index (χ4v) is 2.34. The van der Waals surface area contributed by atoms with Crippen molar-refractivity contribution >= 4 is 11.0 Å². The maximum atomic E-state index is 11.5. The molecule has 0 saturated carbocycles. The van der Waals surface area contributed by atoms with Gasteiger partial charge in [0.1, 0.15) is 5.52 Å². The summed E-state index contributed by atoms with van der Waals surface area (Å²) in [6, 6.07) is 0. The van der Waals surface area contributed by atoms with E-state index in [1.807, 2.05) is 4.90 Å². The topological polar surface area (TPSA) is 105 Å². The predicted octanol–water partition coefficient (Wildman–Crippen LogP) is -1.21. The first-order chi connectivity index (χ1) is 8.65. The molecule has 2 aromatic heterocycles. The van der Waals surface area contributed by atoms with Crippen molar-refractivity contribution in [2.45, 2.75) is 18.8 Å². The molecule has 96 valence electrons. The molecule has 0 aromatic carbocycles. The summed E-state index contributed by atoms with van der Waals surface area (Å²) in [5.41, 5.74) is 1.77. The Bertz CT molecular complexity index is 610. The summed E-state index contributed by atoms with van der Waals surface area (Å²) in [6.45, 7) is 1.40. The minimum atomic E-state index is -0.702. The van der Waals surface area contributed by atoms with Crippen LogP contribution in [0.4, 0.5) is 0 Å².